The van der Waals surface area contributed by atoms with Gasteiger partial charge in [-0.2, -0.15) is 4.31 Å². The van der Waals surface area contributed by atoms with Gasteiger partial charge in [-0.3, -0.25) is 9.69 Å². The number of ether oxygens (including phenoxy) is 2. The molecule has 2 fully saturated rings. The van der Waals surface area contributed by atoms with E-state index in [1.54, 1.807) is 18.2 Å². The summed E-state index contributed by atoms with van der Waals surface area (Å²) in [6.07, 6.45) is 0. The summed E-state index contributed by atoms with van der Waals surface area (Å²) in [5.74, 6) is -0.136. The first kappa shape index (κ1) is 24.0. The normalized spacial score (nSPS) is 19.3. The van der Waals surface area contributed by atoms with Crippen molar-refractivity contribution in [3.8, 4) is 0 Å². The van der Waals surface area contributed by atoms with Crippen LogP contribution in [0.5, 0.6) is 0 Å². The van der Waals surface area contributed by atoms with Crippen molar-refractivity contribution >= 4 is 15.8 Å². The number of nitrogens with one attached hydrogen (secondary N) is 1. The van der Waals surface area contributed by atoms with E-state index in [9.17, 15) is 13.2 Å². The molecule has 9 heteroatoms. The molecule has 0 spiro atoms. The number of morpholine rings is 2. The largest absolute Gasteiger partial charge is 0.379 e. The highest BCUT2D eigenvalue weighted by atomic mass is 32.2. The summed E-state index contributed by atoms with van der Waals surface area (Å²) in [6.45, 7) is 5.25. The Morgan fingerprint density at radius 3 is 2.27 bits per heavy atom. The molecule has 0 amide bonds. The number of rotatable bonds is 9. The number of Topliss-reactive ketones (excluding diaryl/α,β-unsaturated/α-hetero) is 1. The lowest BCUT2D eigenvalue weighted by molar-refractivity contribution is 0.0162. The van der Waals surface area contributed by atoms with Crippen molar-refractivity contribution in [2.24, 2.45) is 0 Å². The number of hydrogen-bond acceptors (Lipinski definition) is 7. The second-order valence-electron chi connectivity index (χ2n) is 8.17. The molecular weight excluding hydrogens is 442 g/mol. The van der Waals surface area contributed by atoms with Gasteiger partial charge in [-0.1, -0.05) is 42.5 Å². The smallest absolute Gasteiger partial charge is 0.243 e. The van der Waals surface area contributed by atoms with Gasteiger partial charge in [0.15, 0.2) is 5.78 Å². The molecule has 1 N–H and O–H groups in total. The summed E-state index contributed by atoms with van der Waals surface area (Å²) >= 11 is 0. The molecule has 2 saturated heterocycles. The van der Waals surface area contributed by atoms with Crippen LogP contribution in [0, 0.1) is 0 Å². The monoisotopic (exact) mass is 473 g/mol. The van der Waals surface area contributed by atoms with Crippen molar-refractivity contribution < 1.29 is 22.7 Å². The van der Waals surface area contributed by atoms with E-state index in [0.717, 1.165) is 13.1 Å². The number of hydrogen-bond donors (Lipinski definition) is 1. The van der Waals surface area contributed by atoms with Crippen LogP contribution in [0.1, 0.15) is 22.0 Å². The Hall–Kier alpha value is -2.14. The molecule has 2 aromatic rings. The molecule has 0 aromatic heterocycles. The number of benzene rings is 2. The van der Waals surface area contributed by atoms with Crippen LogP contribution in [-0.2, 0) is 19.5 Å². The summed E-state index contributed by atoms with van der Waals surface area (Å²) in [5.41, 5.74) is 1.58. The van der Waals surface area contributed by atoms with Gasteiger partial charge in [-0.15, -0.1) is 0 Å². The summed E-state index contributed by atoms with van der Waals surface area (Å²) in [6, 6.07) is 16.7. The third-order valence-corrected chi connectivity index (χ3v) is 7.95. The third-order valence-electron chi connectivity index (χ3n) is 6.06. The molecule has 0 aliphatic carbocycles. The molecular formula is C24H31N3O5S. The molecule has 33 heavy (non-hydrogen) atoms. The number of nitrogens with zero attached hydrogens (tertiary/aromatic N) is 2. The lowest BCUT2D eigenvalue weighted by atomic mass is 10.0. The third kappa shape index (κ3) is 6.06. The Morgan fingerprint density at radius 2 is 1.58 bits per heavy atom. The summed E-state index contributed by atoms with van der Waals surface area (Å²) in [4.78, 5) is 15.4. The van der Waals surface area contributed by atoms with Crippen LogP contribution in [-0.4, -0.2) is 89.1 Å². The summed E-state index contributed by atoms with van der Waals surface area (Å²) < 4.78 is 38.0. The van der Waals surface area contributed by atoms with E-state index in [1.807, 2.05) is 18.2 Å². The molecule has 178 valence electrons. The Kier molecular flexibility index (Phi) is 8.24. The molecule has 2 aliphatic rings. The van der Waals surface area contributed by atoms with Crippen LogP contribution in [0.15, 0.2) is 59.5 Å². The van der Waals surface area contributed by atoms with Crippen LogP contribution < -0.4 is 5.32 Å². The number of carbonyl (C=O) groups excluding carboxylic acids is 1. The Balaban J connectivity index is 1.40. The van der Waals surface area contributed by atoms with Crippen LogP contribution >= 0.6 is 0 Å². The van der Waals surface area contributed by atoms with Gasteiger partial charge in [-0.05, 0) is 17.7 Å². The molecule has 1 unspecified atom stereocenters. The second kappa shape index (κ2) is 11.3. The van der Waals surface area contributed by atoms with E-state index in [-0.39, 0.29) is 23.3 Å². The lowest BCUT2D eigenvalue weighted by Gasteiger charge is -2.35. The van der Waals surface area contributed by atoms with Crippen LogP contribution in [0.4, 0.5) is 0 Å². The molecule has 8 nitrogen and oxygen atoms in total. The molecule has 0 saturated carbocycles. The van der Waals surface area contributed by atoms with Crippen molar-refractivity contribution in [1.29, 1.82) is 0 Å². The van der Waals surface area contributed by atoms with Gasteiger partial charge in [0.05, 0.1) is 37.9 Å². The maximum Gasteiger partial charge on any atom is 0.243 e. The molecule has 4 rings (SSSR count). The van der Waals surface area contributed by atoms with Crippen LogP contribution in [0.25, 0.3) is 0 Å². The van der Waals surface area contributed by atoms with E-state index in [1.165, 1.54) is 15.9 Å². The predicted molar refractivity (Wildman–Crippen MR) is 125 cm³/mol. The molecule has 2 aliphatic heterocycles. The lowest BCUT2D eigenvalue weighted by Crippen LogP contribution is -2.43. The first-order valence-corrected chi connectivity index (χ1v) is 12.8. The highest BCUT2D eigenvalue weighted by Gasteiger charge is 2.27. The molecule has 0 radical (unpaired) electrons. The SMILES string of the molecule is O=C(CNCC(c1ccccc1)N1CCOCC1)c1cccc(S(=O)(=O)N2CCOCC2)c1. The van der Waals surface area contributed by atoms with Gasteiger partial charge >= 0.3 is 0 Å². The van der Waals surface area contributed by atoms with Gasteiger partial charge in [0, 0.05) is 44.3 Å². The van der Waals surface area contributed by atoms with E-state index in [2.05, 4.69) is 22.3 Å². The molecule has 2 heterocycles. The van der Waals surface area contributed by atoms with Gasteiger partial charge in [0.25, 0.3) is 0 Å². The predicted octanol–water partition coefficient (Wildman–Crippen LogP) is 1.55. The van der Waals surface area contributed by atoms with E-state index in [0.29, 0.717) is 51.6 Å². The van der Waals surface area contributed by atoms with E-state index in [4.69, 9.17) is 9.47 Å². The quantitative estimate of drug-likeness (QED) is 0.553. The number of sulfonamides is 1. The average molecular weight is 474 g/mol. The maximum atomic E-state index is 12.9. The number of carbonyl (C=O) groups is 1. The highest BCUT2D eigenvalue weighted by Crippen LogP contribution is 2.21. The highest BCUT2D eigenvalue weighted by molar-refractivity contribution is 7.89. The van der Waals surface area contributed by atoms with Crippen molar-refractivity contribution in [3.05, 3.63) is 65.7 Å². The zero-order valence-corrected chi connectivity index (χ0v) is 19.5. The molecule has 0 bridgehead atoms. The van der Waals surface area contributed by atoms with E-state index >= 15 is 0 Å². The topological polar surface area (TPSA) is 88.2 Å². The second-order valence-corrected chi connectivity index (χ2v) is 10.1. The first-order valence-electron chi connectivity index (χ1n) is 11.3. The summed E-state index contributed by atoms with van der Waals surface area (Å²) in [7, 11) is -3.64. The van der Waals surface area contributed by atoms with Gasteiger partial charge in [-0.25, -0.2) is 8.42 Å². The van der Waals surface area contributed by atoms with Gasteiger partial charge in [0.2, 0.25) is 10.0 Å². The zero-order valence-electron chi connectivity index (χ0n) is 18.7. The fourth-order valence-corrected chi connectivity index (χ4v) is 5.67. The van der Waals surface area contributed by atoms with Crippen molar-refractivity contribution in [3.63, 3.8) is 0 Å². The summed E-state index contributed by atoms with van der Waals surface area (Å²) in [5, 5.41) is 3.29. The minimum atomic E-state index is -3.64. The van der Waals surface area contributed by atoms with Gasteiger partial charge in [0.1, 0.15) is 0 Å². The fraction of sp³-hybridized carbons (Fsp3) is 0.458. The maximum absolute atomic E-state index is 12.9. The Labute approximate surface area is 195 Å². The van der Waals surface area contributed by atoms with E-state index < -0.39 is 10.0 Å². The minimum Gasteiger partial charge on any atom is -0.379 e. The van der Waals surface area contributed by atoms with Gasteiger partial charge < -0.3 is 14.8 Å². The van der Waals surface area contributed by atoms with Crippen molar-refractivity contribution in [1.82, 2.24) is 14.5 Å². The fourth-order valence-electron chi connectivity index (χ4n) is 4.21. The molecule has 1 atom stereocenters. The minimum absolute atomic E-state index is 0.134. The van der Waals surface area contributed by atoms with Crippen molar-refractivity contribution in [2.45, 2.75) is 10.9 Å². The van der Waals surface area contributed by atoms with Crippen molar-refractivity contribution in [2.75, 3.05) is 65.7 Å². The Bertz CT molecular complexity index is 1020. The van der Waals surface area contributed by atoms with Crippen LogP contribution in [0.2, 0.25) is 0 Å². The standard InChI is InChI=1S/C24H31N3O5S/c28-24(21-7-4-8-22(17-21)33(29,30)27-11-15-32-16-12-27)19-25-18-23(20-5-2-1-3-6-20)26-9-13-31-14-10-26/h1-8,17,23,25H,9-16,18-19H2. The Morgan fingerprint density at radius 1 is 0.909 bits per heavy atom. The first-order chi connectivity index (χ1) is 16.1. The molecule has 2 aromatic carbocycles. The number of ketones is 1. The average Bonchev–Trinajstić information content (AvgIpc) is 2.88. The van der Waals surface area contributed by atoms with Crippen LogP contribution in [0.3, 0.4) is 0 Å². The zero-order chi connectivity index (χ0) is 23.1.